The second kappa shape index (κ2) is 8.13. The normalized spacial score (nSPS) is 12.1. The molecule has 13 heteroatoms. The number of nitrogens with two attached hydrogens (primary N) is 2. The average molecular weight is 480 g/mol. The van der Waals surface area contributed by atoms with Gasteiger partial charge in [-0.3, -0.25) is 0 Å². The molecule has 6 N–H and O–H groups in total. The molecule has 0 aliphatic carbocycles. The van der Waals surface area contributed by atoms with Gasteiger partial charge in [0.05, 0.1) is 5.52 Å². The zero-order chi connectivity index (χ0) is 23.2. The smallest absolute Gasteiger partial charge is 0.258 e. The SMILES string of the molecule is Nc1nc(-n2nc(C(F)c3cccc(F)c3F)c3cc(Cl)ccc32)nc(N)c1NC(O)=S. The highest BCUT2D eigenvalue weighted by Gasteiger charge is 2.27. The van der Waals surface area contributed by atoms with Crippen molar-refractivity contribution in [3.63, 3.8) is 0 Å². The van der Waals surface area contributed by atoms with Gasteiger partial charge in [0.15, 0.2) is 29.4 Å². The van der Waals surface area contributed by atoms with E-state index in [-0.39, 0.29) is 39.4 Å². The van der Waals surface area contributed by atoms with Gasteiger partial charge in [-0.2, -0.15) is 19.7 Å². The third-order valence-corrected chi connectivity index (χ3v) is 4.88. The number of alkyl halides is 1. The van der Waals surface area contributed by atoms with Gasteiger partial charge in [-0.1, -0.05) is 23.7 Å². The summed E-state index contributed by atoms with van der Waals surface area (Å²) in [6.45, 7) is 0. The summed E-state index contributed by atoms with van der Waals surface area (Å²) in [5, 5.41) is 15.7. The van der Waals surface area contributed by atoms with E-state index in [0.717, 1.165) is 16.8 Å². The standard InChI is InChI=1S/C19H13ClF3N7OS/c20-7-4-5-11-9(6-7)14(13(23)8-2-1-3-10(21)12(8)22)29-30(11)18-27-16(24)15(17(25)28-18)26-19(31)32/h1-6,13H,(H2,26,31,32)(H4,24,25,27,28). The summed E-state index contributed by atoms with van der Waals surface area (Å²) in [7, 11) is 0. The number of aliphatic hydroxyl groups is 1. The molecule has 32 heavy (non-hydrogen) atoms. The van der Waals surface area contributed by atoms with E-state index in [1.54, 1.807) is 0 Å². The predicted molar refractivity (Wildman–Crippen MR) is 119 cm³/mol. The monoisotopic (exact) mass is 479 g/mol. The number of hydrogen-bond acceptors (Lipinski definition) is 6. The summed E-state index contributed by atoms with van der Waals surface area (Å²) in [6.07, 6.45) is -2.13. The molecule has 4 aromatic rings. The summed E-state index contributed by atoms with van der Waals surface area (Å²) >= 11 is 10.6. The number of nitrogen functional groups attached to an aromatic ring is 2. The van der Waals surface area contributed by atoms with E-state index in [1.165, 1.54) is 24.3 Å². The van der Waals surface area contributed by atoms with Gasteiger partial charge >= 0.3 is 0 Å². The average Bonchev–Trinajstić information content (AvgIpc) is 3.10. The predicted octanol–water partition coefficient (Wildman–Crippen LogP) is 4.23. The Morgan fingerprint density at radius 1 is 1.16 bits per heavy atom. The van der Waals surface area contributed by atoms with Crippen molar-refractivity contribution in [3.05, 3.63) is 64.3 Å². The first kappa shape index (κ1) is 21.6. The molecule has 8 nitrogen and oxygen atoms in total. The van der Waals surface area contributed by atoms with Gasteiger partial charge < -0.3 is 21.9 Å². The van der Waals surface area contributed by atoms with Crippen LogP contribution < -0.4 is 16.8 Å². The number of aromatic nitrogens is 4. The highest BCUT2D eigenvalue weighted by Crippen LogP contribution is 2.35. The van der Waals surface area contributed by atoms with Crippen molar-refractivity contribution in [2.75, 3.05) is 16.8 Å². The van der Waals surface area contributed by atoms with E-state index < -0.39 is 28.5 Å². The second-order valence-corrected chi connectivity index (χ2v) is 7.39. The molecular weight excluding hydrogens is 467 g/mol. The fraction of sp³-hybridized carbons (Fsp3) is 0.0526. The van der Waals surface area contributed by atoms with Crippen LogP contribution in [0.5, 0.6) is 0 Å². The number of thiocarbonyl (C=S) groups is 1. The second-order valence-electron chi connectivity index (χ2n) is 6.56. The number of nitrogens with one attached hydrogen (secondary N) is 1. The van der Waals surface area contributed by atoms with Gasteiger partial charge in [-0.25, -0.2) is 13.2 Å². The highest BCUT2D eigenvalue weighted by atomic mass is 35.5. The van der Waals surface area contributed by atoms with Crippen LogP contribution in [0.1, 0.15) is 17.4 Å². The number of aliphatic hydroxyl groups excluding tert-OH is 1. The summed E-state index contributed by atoms with van der Waals surface area (Å²) in [5.41, 5.74) is 11.3. The van der Waals surface area contributed by atoms with Crippen molar-refractivity contribution >= 4 is 57.2 Å². The molecule has 0 aliphatic rings. The zero-order valence-corrected chi connectivity index (χ0v) is 17.4. The molecule has 0 fully saturated rings. The topological polar surface area (TPSA) is 128 Å². The third kappa shape index (κ3) is 3.74. The molecule has 1 atom stereocenters. The number of anilines is 3. The van der Waals surface area contributed by atoms with Crippen LogP contribution >= 0.6 is 23.8 Å². The lowest BCUT2D eigenvalue weighted by molar-refractivity contribution is 0.371. The van der Waals surface area contributed by atoms with Crippen molar-refractivity contribution in [2.45, 2.75) is 6.17 Å². The quantitative estimate of drug-likeness (QED) is 0.320. The van der Waals surface area contributed by atoms with Crippen molar-refractivity contribution < 1.29 is 18.3 Å². The van der Waals surface area contributed by atoms with Crippen LogP contribution in [-0.4, -0.2) is 30.0 Å². The van der Waals surface area contributed by atoms with Gasteiger partial charge in [0.1, 0.15) is 11.4 Å². The van der Waals surface area contributed by atoms with Gasteiger partial charge in [0.2, 0.25) is 0 Å². The van der Waals surface area contributed by atoms with Gasteiger partial charge in [-0.05, 0) is 36.5 Å². The van der Waals surface area contributed by atoms with Crippen LogP contribution in [0.2, 0.25) is 5.02 Å². The van der Waals surface area contributed by atoms with Crippen LogP contribution in [0, 0.1) is 11.6 Å². The van der Waals surface area contributed by atoms with Gasteiger partial charge in [0.25, 0.3) is 11.1 Å². The lowest BCUT2D eigenvalue weighted by atomic mass is 10.0. The third-order valence-electron chi connectivity index (χ3n) is 4.54. The molecule has 0 spiro atoms. The van der Waals surface area contributed by atoms with E-state index in [2.05, 4.69) is 32.6 Å². The maximum atomic E-state index is 15.4. The Bertz CT molecular complexity index is 1360. The molecule has 2 aromatic heterocycles. The fourth-order valence-corrected chi connectivity index (χ4v) is 3.40. The molecule has 0 bridgehead atoms. The molecule has 2 aromatic carbocycles. The summed E-state index contributed by atoms with van der Waals surface area (Å²) in [5.74, 6) is -3.00. The zero-order valence-electron chi connectivity index (χ0n) is 15.9. The Balaban J connectivity index is 1.91. The molecule has 4 rings (SSSR count). The van der Waals surface area contributed by atoms with E-state index in [1.807, 2.05) is 0 Å². The minimum absolute atomic E-state index is 0.0221. The number of nitrogens with zero attached hydrogens (tertiary/aromatic N) is 4. The maximum Gasteiger partial charge on any atom is 0.258 e. The molecule has 0 saturated carbocycles. The van der Waals surface area contributed by atoms with Crippen LogP contribution in [0.15, 0.2) is 36.4 Å². The van der Waals surface area contributed by atoms with Crippen LogP contribution in [-0.2, 0) is 0 Å². The Labute approximate surface area is 188 Å². The molecule has 0 amide bonds. The summed E-state index contributed by atoms with van der Waals surface area (Å²) < 4.78 is 44.4. The van der Waals surface area contributed by atoms with Crippen molar-refractivity contribution in [3.8, 4) is 5.95 Å². The van der Waals surface area contributed by atoms with Crippen molar-refractivity contribution in [2.24, 2.45) is 0 Å². The summed E-state index contributed by atoms with van der Waals surface area (Å²) in [6, 6.07) is 7.65. The number of rotatable bonds is 4. The Kier molecular flexibility index (Phi) is 5.48. The minimum atomic E-state index is -2.13. The number of halogens is 4. The Hall–Kier alpha value is -3.64. The first-order valence-corrected chi connectivity index (χ1v) is 9.65. The number of benzene rings is 2. The maximum absolute atomic E-state index is 15.4. The first-order chi connectivity index (χ1) is 15.2. The molecular formula is C19H13ClF3N7OS. The number of hydrogen-bond donors (Lipinski definition) is 4. The van der Waals surface area contributed by atoms with Crippen LogP contribution in [0.4, 0.5) is 30.5 Å². The molecule has 164 valence electrons. The number of fused-ring (bicyclic) bond motifs is 1. The summed E-state index contributed by atoms with van der Waals surface area (Å²) in [4.78, 5) is 8.14. The van der Waals surface area contributed by atoms with E-state index in [0.29, 0.717) is 5.52 Å². The lowest BCUT2D eigenvalue weighted by Crippen LogP contribution is -2.15. The molecule has 2 heterocycles. The minimum Gasteiger partial charge on any atom is -0.486 e. The Morgan fingerprint density at radius 3 is 2.50 bits per heavy atom. The molecule has 0 saturated heterocycles. The van der Waals surface area contributed by atoms with Gasteiger partial charge in [0, 0.05) is 16.0 Å². The lowest BCUT2D eigenvalue weighted by Gasteiger charge is -2.11. The fourth-order valence-electron chi connectivity index (χ4n) is 3.13. The van der Waals surface area contributed by atoms with Crippen molar-refractivity contribution in [1.82, 2.24) is 19.7 Å². The largest absolute Gasteiger partial charge is 0.486 e. The Morgan fingerprint density at radius 2 is 1.84 bits per heavy atom. The molecule has 1 unspecified atom stereocenters. The van der Waals surface area contributed by atoms with Crippen molar-refractivity contribution in [1.29, 1.82) is 0 Å². The highest BCUT2D eigenvalue weighted by molar-refractivity contribution is 7.80. The van der Waals surface area contributed by atoms with E-state index >= 15 is 4.39 Å². The molecule has 0 radical (unpaired) electrons. The van der Waals surface area contributed by atoms with E-state index in [9.17, 15) is 13.9 Å². The van der Waals surface area contributed by atoms with Crippen LogP contribution in [0.3, 0.4) is 0 Å². The van der Waals surface area contributed by atoms with Crippen LogP contribution in [0.25, 0.3) is 16.9 Å². The molecule has 0 aliphatic heterocycles. The first-order valence-electron chi connectivity index (χ1n) is 8.86. The van der Waals surface area contributed by atoms with E-state index in [4.69, 9.17) is 23.1 Å². The van der Waals surface area contributed by atoms with Gasteiger partial charge in [-0.15, -0.1) is 0 Å².